The van der Waals surface area contributed by atoms with Crippen LogP contribution in [0.15, 0.2) is 53.3 Å². The number of carbonyl (C=O) groups excluding carboxylic acids is 1. The fourth-order valence-electron chi connectivity index (χ4n) is 3.99. The molecular weight excluding hydrogens is 456 g/mol. The first kappa shape index (κ1) is 24.1. The zero-order valence-electron chi connectivity index (χ0n) is 19.2. The molecule has 0 saturated carbocycles. The highest BCUT2D eigenvalue weighted by Crippen LogP contribution is 2.22. The smallest absolute Gasteiger partial charge is 0.322 e. The molecule has 1 aromatic heterocycles. The van der Waals surface area contributed by atoms with Crippen LogP contribution >= 0.6 is 11.6 Å². The molecule has 3 aromatic rings. The topological polar surface area (TPSA) is 86.9 Å². The van der Waals surface area contributed by atoms with Crippen LogP contribution in [-0.4, -0.2) is 67.3 Å². The summed E-state index contributed by atoms with van der Waals surface area (Å²) in [4.78, 5) is 32.9. The van der Waals surface area contributed by atoms with Crippen molar-refractivity contribution >= 4 is 34.2 Å². The monoisotopic (exact) mass is 484 g/mol. The Hall–Kier alpha value is -3.07. The molecule has 1 aliphatic heterocycles. The van der Waals surface area contributed by atoms with Gasteiger partial charge in [-0.1, -0.05) is 23.7 Å². The number of nitrogens with one attached hydrogen (secondary N) is 2. The Labute approximate surface area is 203 Å². The quantitative estimate of drug-likeness (QED) is 0.505. The number of H-pyrrole nitrogens is 1. The highest BCUT2D eigenvalue weighted by molar-refractivity contribution is 6.33. The van der Waals surface area contributed by atoms with Crippen LogP contribution in [0.5, 0.6) is 5.75 Å². The van der Waals surface area contributed by atoms with Crippen molar-refractivity contribution in [2.24, 2.45) is 0 Å². The first-order valence-electron chi connectivity index (χ1n) is 11.3. The van der Waals surface area contributed by atoms with E-state index in [1.165, 1.54) is 0 Å². The molecule has 0 unspecified atom stereocenters. The number of carbonyl (C=O) groups is 1. The first-order valence-corrected chi connectivity index (χ1v) is 11.7. The van der Waals surface area contributed by atoms with Gasteiger partial charge in [0.2, 0.25) is 0 Å². The van der Waals surface area contributed by atoms with Gasteiger partial charge >= 0.3 is 6.03 Å². The average Bonchev–Trinajstić information content (AvgIpc) is 2.85. The van der Waals surface area contributed by atoms with Crippen LogP contribution in [0.2, 0.25) is 5.02 Å². The number of hydrogen-bond donors (Lipinski definition) is 2. The van der Waals surface area contributed by atoms with Gasteiger partial charge in [-0.2, -0.15) is 0 Å². The number of fused-ring (bicyclic) bond motifs is 1. The van der Waals surface area contributed by atoms with Gasteiger partial charge in [0.05, 0.1) is 43.1 Å². The van der Waals surface area contributed by atoms with Crippen LogP contribution < -0.4 is 15.6 Å². The standard InChI is InChI=1S/C25H29ClN4O4/c1-33-20-8-7-18-15-19(24(31)27-23(18)16-20)17-30(10-4-9-29-11-13-34-14-12-29)25(32)28-22-6-3-2-5-21(22)26/h2-3,5-8,15-16H,4,9-14,17H2,1H3,(H,27,31)(H,28,32). The summed E-state index contributed by atoms with van der Waals surface area (Å²) in [6.45, 7) is 4.76. The largest absolute Gasteiger partial charge is 0.497 e. The molecule has 2 aromatic carbocycles. The zero-order valence-corrected chi connectivity index (χ0v) is 19.9. The molecular formula is C25H29ClN4O4. The Balaban J connectivity index is 1.52. The minimum atomic E-state index is -0.302. The van der Waals surface area contributed by atoms with E-state index in [4.69, 9.17) is 21.1 Å². The van der Waals surface area contributed by atoms with Gasteiger partial charge in [-0.05, 0) is 42.1 Å². The number of halogens is 1. The second-order valence-corrected chi connectivity index (χ2v) is 8.62. The van der Waals surface area contributed by atoms with E-state index < -0.39 is 0 Å². The number of aromatic nitrogens is 1. The molecule has 0 atom stereocenters. The summed E-state index contributed by atoms with van der Waals surface area (Å²) in [6, 6.07) is 14.1. The molecule has 1 aliphatic rings. The van der Waals surface area contributed by atoms with Crippen molar-refractivity contribution in [3.8, 4) is 5.75 Å². The molecule has 1 saturated heterocycles. The lowest BCUT2D eigenvalue weighted by atomic mass is 10.1. The molecule has 0 aliphatic carbocycles. The number of morpholine rings is 1. The summed E-state index contributed by atoms with van der Waals surface area (Å²) < 4.78 is 10.7. The number of anilines is 1. The van der Waals surface area contributed by atoms with Crippen molar-refractivity contribution in [3.05, 3.63) is 69.5 Å². The van der Waals surface area contributed by atoms with E-state index in [0.717, 1.165) is 44.7 Å². The van der Waals surface area contributed by atoms with E-state index in [0.29, 0.717) is 34.1 Å². The number of benzene rings is 2. The Morgan fingerprint density at radius 2 is 2.00 bits per heavy atom. The number of urea groups is 1. The third-order valence-corrected chi connectivity index (χ3v) is 6.23. The Morgan fingerprint density at radius 1 is 1.21 bits per heavy atom. The molecule has 34 heavy (non-hydrogen) atoms. The summed E-state index contributed by atoms with van der Waals surface area (Å²) in [5.41, 5.74) is 1.50. The average molecular weight is 485 g/mol. The summed E-state index contributed by atoms with van der Waals surface area (Å²) in [7, 11) is 1.58. The lowest BCUT2D eigenvalue weighted by Gasteiger charge is -2.28. The highest BCUT2D eigenvalue weighted by atomic mass is 35.5. The number of para-hydroxylation sites is 1. The van der Waals surface area contributed by atoms with Crippen LogP contribution in [0, 0.1) is 0 Å². The van der Waals surface area contributed by atoms with E-state index in [1.807, 2.05) is 30.3 Å². The predicted octanol–water partition coefficient (Wildman–Crippen LogP) is 3.95. The van der Waals surface area contributed by atoms with Crippen LogP contribution in [0.4, 0.5) is 10.5 Å². The number of ether oxygens (including phenoxy) is 2. The summed E-state index contributed by atoms with van der Waals surface area (Å²) in [5, 5.41) is 4.21. The molecule has 2 N–H and O–H groups in total. The van der Waals surface area contributed by atoms with Crippen molar-refractivity contribution in [3.63, 3.8) is 0 Å². The third-order valence-electron chi connectivity index (χ3n) is 5.90. The normalized spacial score (nSPS) is 14.2. The van der Waals surface area contributed by atoms with Gasteiger partial charge in [-0.3, -0.25) is 9.69 Å². The van der Waals surface area contributed by atoms with Crippen molar-refractivity contribution in [2.75, 3.05) is 51.8 Å². The van der Waals surface area contributed by atoms with E-state index in [2.05, 4.69) is 15.2 Å². The minimum absolute atomic E-state index is 0.177. The van der Waals surface area contributed by atoms with Gasteiger partial charge < -0.3 is 24.7 Å². The fraction of sp³-hybridized carbons (Fsp3) is 0.360. The molecule has 180 valence electrons. The van der Waals surface area contributed by atoms with Crippen LogP contribution in [-0.2, 0) is 11.3 Å². The second kappa shape index (κ2) is 11.4. The fourth-order valence-corrected chi connectivity index (χ4v) is 4.18. The second-order valence-electron chi connectivity index (χ2n) is 8.22. The summed E-state index contributed by atoms with van der Waals surface area (Å²) in [6.07, 6.45) is 0.776. The molecule has 0 spiro atoms. The molecule has 9 heteroatoms. The number of aromatic amines is 1. The van der Waals surface area contributed by atoms with E-state index >= 15 is 0 Å². The molecule has 0 radical (unpaired) electrons. The molecule has 1 fully saturated rings. The molecule has 0 bridgehead atoms. The highest BCUT2D eigenvalue weighted by Gasteiger charge is 2.18. The molecule has 4 rings (SSSR count). The van der Waals surface area contributed by atoms with Crippen molar-refractivity contribution in [1.82, 2.24) is 14.8 Å². The Bertz CT molecular complexity index is 1190. The van der Waals surface area contributed by atoms with Crippen LogP contribution in [0.3, 0.4) is 0 Å². The maximum absolute atomic E-state index is 13.2. The lowest BCUT2D eigenvalue weighted by Crippen LogP contribution is -2.40. The summed E-state index contributed by atoms with van der Waals surface area (Å²) >= 11 is 6.24. The zero-order chi connectivity index (χ0) is 23.9. The van der Waals surface area contributed by atoms with Crippen molar-refractivity contribution in [2.45, 2.75) is 13.0 Å². The van der Waals surface area contributed by atoms with Gasteiger partial charge in [0, 0.05) is 37.8 Å². The molecule has 2 heterocycles. The number of nitrogens with zero attached hydrogens (tertiary/aromatic N) is 2. The summed E-state index contributed by atoms with van der Waals surface area (Å²) in [5.74, 6) is 0.666. The van der Waals surface area contributed by atoms with E-state index in [-0.39, 0.29) is 18.1 Å². The number of rotatable bonds is 8. The Morgan fingerprint density at radius 3 is 2.76 bits per heavy atom. The number of methoxy groups -OCH3 is 1. The predicted molar refractivity (Wildman–Crippen MR) is 134 cm³/mol. The van der Waals surface area contributed by atoms with Crippen molar-refractivity contribution < 1.29 is 14.3 Å². The lowest BCUT2D eigenvalue weighted by molar-refractivity contribution is 0.0365. The van der Waals surface area contributed by atoms with E-state index in [1.54, 1.807) is 30.2 Å². The van der Waals surface area contributed by atoms with Crippen molar-refractivity contribution in [1.29, 1.82) is 0 Å². The number of hydrogen-bond acceptors (Lipinski definition) is 5. The maximum Gasteiger partial charge on any atom is 0.322 e. The first-order chi connectivity index (χ1) is 16.5. The van der Waals surface area contributed by atoms with Crippen LogP contribution in [0.1, 0.15) is 12.0 Å². The number of amides is 2. The Kier molecular flexibility index (Phi) is 8.05. The van der Waals surface area contributed by atoms with Gasteiger partial charge in [0.15, 0.2) is 0 Å². The van der Waals surface area contributed by atoms with Crippen LogP contribution in [0.25, 0.3) is 10.9 Å². The maximum atomic E-state index is 13.2. The number of pyridine rings is 1. The van der Waals surface area contributed by atoms with Gasteiger partial charge in [-0.15, -0.1) is 0 Å². The van der Waals surface area contributed by atoms with Gasteiger partial charge in [0.1, 0.15) is 5.75 Å². The molecule has 8 nitrogen and oxygen atoms in total. The van der Waals surface area contributed by atoms with Gasteiger partial charge in [-0.25, -0.2) is 4.79 Å². The van der Waals surface area contributed by atoms with Gasteiger partial charge in [0.25, 0.3) is 5.56 Å². The van der Waals surface area contributed by atoms with E-state index in [9.17, 15) is 9.59 Å². The minimum Gasteiger partial charge on any atom is -0.497 e. The third kappa shape index (κ3) is 6.08. The SMILES string of the molecule is COc1ccc2cc(CN(CCCN3CCOCC3)C(=O)Nc3ccccc3Cl)c(=O)[nH]c2c1. The molecule has 2 amide bonds.